The van der Waals surface area contributed by atoms with Crippen LogP contribution in [0.1, 0.15) is 91.4 Å². The Bertz CT molecular complexity index is 1590. The largest absolute Gasteiger partial charge is 0.549 e. The predicted molar refractivity (Wildman–Crippen MR) is 226 cm³/mol. The van der Waals surface area contributed by atoms with Crippen molar-refractivity contribution in [3.63, 3.8) is 0 Å². The summed E-state index contributed by atoms with van der Waals surface area (Å²) in [5.41, 5.74) is -0.378. The van der Waals surface area contributed by atoms with Crippen LogP contribution in [0.15, 0.2) is 0 Å². The molecule has 12 atom stereocenters. The molecule has 0 bridgehead atoms. The molecule has 0 radical (unpaired) electrons. The summed E-state index contributed by atoms with van der Waals surface area (Å²) >= 11 is 0. The minimum absolute atomic E-state index is 0.00268. The van der Waals surface area contributed by atoms with Gasteiger partial charge in [-0.15, -0.1) is 0 Å². The fraction of sp³-hybridized carbons (Fsp3) is 0.867. The Labute approximate surface area is 372 Å². The first-order valence-electron chi connectivity index (χ1n) is 23.4. The first kappa shape index (κ1) is 50.7. The molecule has 5 aliphatic rings. The summed E-state index contributed by atoms with van der Waals surface area (Å²) in [5, 5.41) is 72.5. The predicted octanol–water partition coefficient (Wildman–Crippen LogP) is -2.25. The van der Waals surface area contributed by atoms with Gasteiger partial charge in [-0.25, -0.2) is 0 Å². The number of aldehydes is 1. The maximum absolute atomic E-state index is 13.0. The average molecular weight is 891 g/mol. The first-order chi connectivity index (χ1) is 29.9. The van der Waals surface area contributed by atoms with Crippen LogP contribution in [0.4, 0.5) is 0 Å². The molecule has 63 heavy (non-hydrogen) atoms. The van der Waals surface area contributed by atoms with Crippen molar-refractivity contribution >= 4 is 36.0 Å². The average Bonchev–Trinajstić information content (AvgIpc) is 3.58. The minimum Gasteiger partial charge on any atom is -0.549 e. The quantitative estimate of drug-likeness (QED) is 0.0627. The van der Waals surface area contributed by atoms with Crippen molar-refractivity contribution < 1.29 is 59.4 Å². The lowest BCUT2D eigenvalue weighted by molar-refractivity contribution is -0.308. The van der Waals surface area contributed by atoms with Crippen LogP contribution < -0.4 is 20.8 Å². The van der Waals surface area contributed by atoms with Crippen LogP contribution >= 0.6 is 0 Å². The van der Waals surface area contributed by atoms with Gasteiger partial charge >= 0.3 is 5.97 Å². The number of fused-ring (bicyclic) bond motifs is 5. The van der Waals surface area contributed by atoms with Crippen LogP contribution in [0.2, 0.25) is 0 Å². The van der Waals surface area contributed by atoms with Crippen molar-refractivity contribution in [1.29, 1.82) is 0 Å². The zero-order valence-electron chi connectivity index (χ0n) is 37.7. The third-order valence-electron chi connectivity index (χ3n) is 16.4. The summed E-state index contributed by atoms with van der Waals surface area (Å²) < 4.78 is 0. The van der Waals surface area contributed by atoms with E-state index in [-0.39, 0.29) is 137 Å². The zero-order valence-corrected chi connectivity index (χ0v) is 37.7. The smallest absolute Gasteiger partial charge is 0.320 e. The Balaban J connectivity index is 1.07. The number of aliphatic carboxylic acids is 3. The number of nitrogens with one attached hydrogen (secondary N) is 2. The third kappa shape index (κ3) is 12.8. The van der Waals surface area contributed by atoms with Gasteiger partial charge in [-0.05, 0) is 111 Å². The molecule has 358 valence electrons. The first-order valence-corrected chi connectivity index (χ1v) is 23.4. The van der Waals surface area contributed by atoms with Gasteiger partial charge in [0.15, 0.2) is 0 Å². The van der Waals surface area contributed by atoms with Gasteiger partial charge in [0.1, 0.15) is 12.3 Å². The van der Waals surface area contributed by atoms with Gasteiger partial charge in [0.05, 0.1) is 43.3 Å². The van der Waals surface area contributed by atoms with Crippen LogP contribution in [0.5, 0.6) is 0 Å². The second kappa shape index (κ2) is 22.8. The molecule has 1 heterocycles. The van der Waals surface area contributed by atoms with Crippen molar-refractivity contribution in [2.45, 2.75) is 116 Å². The van der Waals surface area contributed by atoms with Gasteiger partial charge in [0.25, 0.3) is 0 Å². The Hall–Kier alpha value is -3.26. The van der Waals surface area contributed by atoms with E-state index in [1.807, 2.05) is 0 Å². The van der Waals surface area contributed by atoms with E-state index in [9.17, 15) is 59.4 Å². The van der Waals surface area contributed by atoms with Crippen molar-refractivity contribution in [3.05, 3.63) is 0 Å². The number of carbonyl (C=O) groups excluding carboxylic acids is 5. The van der Waals surface area contributed by atoms with Gasteiger partial charge in [-0.2, -0.15) is 0 Å². The Morgan fingerprint density at radius 1 is 0.778 bits per heavy atom. The molecule has 0 aromatic carbocycles. The number of carbonyl (C=O) groups is 6. The Kier molecular flexibility index (Phi) is 18.3. The molecule has 4 aliphatic carbocycles. The van der Waals surface area contributed by atoms with E-state index in [0.717, 1.165) is 32.0 Å². The van der Waals surface area contributed by atoms with Gasteiger partial charge in [-0.3, -0.25) is 34.0 Å². The maximum atomic E-state index is 13.0. The molecule has 1 aliphatic heterocycles. The highest BCUT2D eigenvalue weighted by Crippen LogP contribution is 2.68. The van der Waals surface area contributed by atoms with E-state index in [0.29, 0.717) is 45.2 Å². The van der Waals surface area contributed by atoms with Crippen LogP contribution in [0, 0.1) is 46.3 Å². The van der Waals surface area contributed by atoms with E-state index < -0.39 is 48.6 Å². The van der Waals surface area contributed by atoms with Crippen LogP contribution in [-0.4, -0.2) is 185 Å². The number of carboxylic acid groups (broad SMARTS) is 3. The second-order valence-corrected chi connectivity index (χ2v) is 20.0. The van der Waals surface area contributed by atoms with Crippen molar-refractivity contribution in [2.75, 3.05) is 85.1 Å². The lowest BCUT2D eigenvalue weighted by atomic mass is 9.43. The topological polar surface area (TPSA) is 266 Å². The molecule has 1 saturated heterocycles. The monoisotopic (exact) mass is 891 g/mol. The van der Waals surface area contributed by atoms with Crippen LogP contribution in [0.25, 0.3) is 0 Å². The summed E-state index contributed by atoms with van der Waals surface area (Å²) in [6.07, 6.45) is 6.31. The summed E-state index contributed by atoms with van der Waals surface area (Å²) in [4.78, 5) is 79.3. The van der Waals surface area contributed by atoms with E-state index in [1.54, 1.807) is 19.6 Å². The Morgan fingerprint density at radius 2 is 1.40 bits per heavy atom. The highest BCUT2D eigenvalue weighted by atomic mass is 16.4. The number of nitrogens with zero attached hydrogens (tertiary/aromatic N) is 4. The number of hydrogen-bond donors (Lipinski definition) is 6. The normalized spacial score (nSPS) is 34.8. The molecule has 5 rings (SSSR count). The van der Waals surface area contributed by atoms with Gasteiger partial charge in [-0.1, -0.05) is 20.8 Å². The summed E-state index contributed by atoms with van der Waals surface area (Å²) in [7, 11) is 0. The lowest BCUT2D eigenvalue weighted by Crippen LogP contribution is -2.62. The molecule has 18 nitrogen and oxygen atoms in total. The number of amides is 2. The fourth-order valence-electron chi connectivity index (χ4n) is 12.8. The molecule has 5 fully saturated rings. The highest BCUT2D eigenvalue weighted by Gasteiger charge is 2.65. The van der Waals surface area contributed by atoms with Gasteiger partial charge in [0.2, 0.25) is 11.8 Å². The summed E-state index contributed by atoms with van der Waals surface area (Å²) in [5.74, 6) is -3.28. The molecule has 2 unspecified atom stereocenters. The van der Waals surface area contributed by atoms with Crippen molar-refractivity contribution in [2.24, 2.45) is 46.3 Å². The molecule has 2 amide bonds. The van der Waals surface area contributed by atoms with E-state index in [1.165, 1.54) is 0 Å². The number of aliphatic hydroxyl groups is 3. The molecule has 18 heteroatoms. The fourth-order valence-corrected chi connectivity index (χ4v) is 12.8. The SMILES string of the molecule is C[C@H](CCC(=O)NCC(=O)NCCCC(C(=O)O)N1CCN(CC=O)CCN(CC(=O)[O-])CCN(CC(=O)[O-])CC1)[C@H]1CC[C@H]2[C@@H]3C(O)C[C@@H]4C[C@H](O)CC[C@]4(C)[C@H]3C[C@H](O)[C@]12C. The van der Waals surface area contributed by atoms with Crippen molar-refractivity contribution in [1.82, 2.24) is 30.2 Å². The van der Waals surface area contributed by atoms with Crippen LogP contribution in [0.3, 0.4) is 0 Å². The molecule has 6 N–H and O–H groups in total. The second-order valence-electron chi connectivity index (χ2n) is 20.0. The lowest BCUT2D eigenvalue weighted by Gasteiger charge is -2.63. The highest BCUT2D eigenvalue weighted by molar-refractivity contribution is 5.84. The van der Waals surface area contributed by atoms with E-state index in [4.69, 9.17) is 0 Å². The summed E-state index contributed by atoms with van der Waals surface area (Å²) in [6, 6.07) is -0.979. The summed E-state index contributed by atoms with van der Waals surface area (Å²) in [6.45, 7) is 7.73. The number of aliphatic hydroxyl groups excluding tert-OH is 3. The van der Waals surface area contributed by atoms with Gasteiger partial charge < -0.3 is 55.7 Å². The molecule has 0 aromatic rings. The Morgan fingerprint density at radius 3 is 2.02 bits per heavy atom. The van der Waals surface area contributed by atoms with Crippen molar-refractivity contribution in [3.8, 4) is 0 Å². The molecule has 0 aromatic heterocycles. The third-order valence-corrected chi connectivity index (χ3v) is 16.4. The molecular weight excluding hydrogens is 817 g/mol. The van der Waals surface area contributed by atoms with Gasteiger partial charge in [0, 0.05) is 78.4 Å². The number of carboxylic acids is 3. The molecule has 4 saturated carbocycles. The minimum atomic E-state index is -1.32. The van der Waals surface area contributed by atoms with E-state index >= 15 is 0 Å². The zero-order chi connectivity index (χ0) is 46.1. The van der Waals surface area contributed by atoms with E-state index in [2.05, 4.69) is 31.4 Å². The maximum Gasteiger partial charge on any atom is 0.320 e. The number of rotatable bonds is 18. The number of hydrogen-bond acceptors (Lipinski definition) is 15. The molecule has 0 spiro atoms. The standard InChI is InChI=1S/C45H76N6O12/c1-29(32-7-8-33-42-34(25-37(55)45(32,33)3)44(2)11-10-31(53)23-30(44)24-36(42)54)6-9-38(56)47-26-39(57)46-12-4-5-35(43(62)63)51-19-17-48(21-22-52)13-14-49(27-40(58)59)15-16-50(18-20-51)28-41(60)61/h22,29-37,42,53-55H,4-21,23-28H2,1-3H3,(H,46,57)(H,47,56)(H,58,59)(H,60,61)(H,62,63)/p-2/t29-,30+,31-,32-,33+,34+,35?,36?,37+,42+,44+,45-/m1/s1. The molecular formula is C45H74N6O12-2. The van der Waals surface area contributed by atoms with Crippen LogP contribution in [-0.2, 0) is 28.8 Å².